The maximum absolute atomic E-state index is 10.1. The maximum atomic E-state index is 10.1. The summed E-state index contributed by atoms with van der Waals surface area (Å²) in [5.74, 6) is -3.25. The Morgan fingerprint density at radius 1 is 0.540 bits per heavy atom. The third-order valence-electron chi connectivity index (χ3n) is 2.62. The van der Waals surface area contributed by atoms with Crippen molar-refractivity contribution >= 4 is 17.9 Å². The van der Waals surface area contributed by atoms with E-state index in [0.717, 1.165) is 20.8 Å². The summed E-state index contributed by atoms with van der Waals surface area (Å²) in [4.78, 5) is 42.5. The Kier molecular flexibility index (Phi) is 107. The average Bonchev–Trinajstić information content (AvgIpc) is 2.99. The van der Waals surface area contributed by atoms with Crippen LogP contribution < -0.4 is 30.6 Å². The number of hydrogen-bond acceptors (Lipinski definition) is 12. The monoisotopic (exact) mass is 866 g/mol. The summed E-state index contributed by atoms with van der Waals surface area (Å²) >= 11 is 0. The maximum Gasteiger partial charge on any atom is 3.00 e. The Labute approximate surface area is 328 Å². The molecule has 26 heteroatoms. The van der Waals surface area contributed by atoms with Gasteiger partial charge in [-0.1, -0.05) is 38.0 Å². The second kappa shape index (κ2) is 70.9. The molecule has 0 bridgehead atoms. The molecule has 274 valence electrons. The first kappa shape index (κ1) is 75.8. The molecule has 2 radical (unpaired) electrons. The first-order valence-electron chi connectivity index (χ1n) is 11.2. The van der Waals surface area contributed by atoms with Crippen molar-refractivity contribution in [3.63, 3.8) is 0 Å². The topological polar surface area (TPSA) is 433 Å². The second-order valence-electron chi connectivity index (χ2n) is 6.14. The third-order valence-corrected chi connectivity index (χ3v) is 2.62. The van der Waals surface area contributed by atoms with E-state index in [4.69, 9.17) is 62.9 Å². The zero-order valence-corrected chi connectivity index (χ0v) is 30.5. The van der Waals surface area contributed by atoms with Crippen LogP contribution in [0.2, 0.25) is 0 Å². The van der Waals surface area contributed by atoms with Gasteiger partial charge >= 0.3 is 67.7 Å². The third kappa shape index (κ3) is 121. The SMILES string of the molecule is CC(=O)[O-].CC(=O)[O-].CC(=O)[O-].[Mn+2].[Mn+3].[Mn+3].[N-]=[N+]=[N-].[N-]=[N+]=[N-].[N-]=[N+]=[N-].[Ni+3].[O-2].[O-]Cc1ccccn1.[O-]Cc1ccccn1.[O-]Cc1ccccn1. The normalized spacial score (nSPS) is 6.36. The van der Waals surface area contributed by atoms with Crippen LogP contribution >= 0.6 is 0 Å². The van der Waals surface area contributed by atoms with Crippen LogP contribution in [0.1, 0.15) is 37.9 Å². The van der Waals surface area contributed by atoms with Crippen molar-refractivity contribution < 1.29 is 118 Å². The van der Waals surface area contributed by atoms with Crippen LogP contribution in [0.25, 0.3) is 47.9 Å². The molecule has 0 aliphatic heterocycles. The summed E-state index contributed by atoms with van der Waals surface area (Å²) in [6.45, 7) is 2.25. The number of nitrogens with zero attached hydrogens (tertiary/aromatic N) is 12. The van der Waals surface area contributed by atoms with E-state index >= 15 is 0 Å². The van der Waals surface area contributed by atoms with Gasteiger partial charge in [0.25, 0.3) is 0 Å². The zero-order chi connectivity index (χ0) is 36.3. The summed E-state index contributed by atoms with van der Waals surface area (Å²) < 4.78 is 0. The molecule has 0 saturated heterocycles. The van der Waals surface area contributed by atoms with E-state index in [1.54, 1.807) is 73.2 Å². The van der Waals surface area contributed by atoms with E-state index < -0.39 is 17.9 Å². The molecule has 0 atom stereocenters. The number of carbonyl (C=O) groups is 3. The van der Waals surface area contributed by atoms with Gasteiger partial charge in [-0.15, -0.1) is 0 Å². The molecule has 0 aliphatic rings. The number of rotatable bonds is 3. The molecule has 3 rings (SSSR count). The molecule has 0 spiro atoms. The molecular weight excluding hydrogens is 840 g/mol. The number of carboxylic acid groups (broad SMARTS) is 3. The van der Waals surface area contributed by atoms with E-state index in [1.807, 2.05) is 0 Å². The van der Waals surface area contributed by atoms with Gasteiger partial charge in [0, 0.05) is 53.6 Å². The van der Waals surface area contributed by atoms with Crippen LogP contribution in [-0.4, -0.2) is 32.9 Å². The Bertz CT molecular complexity index is 1050. The standard InChI is InChI=1S/3C6H6NO.3C2H4O2.3Mn.3N3.Ni.O/c3*8-5-6-3-1-2-4-7-6;3*1-2(3)4;;;;3*1-3-2;;/h3*1-4H,5H2;3*1H3,(H,3,4);;;;;;;;/q3*-1;;;;+2;2*+3;3*-1;+3;-2/p-3. The largest absolute Gasteiger partial charge is 3.00 e. The van der Waals surface area contributed by atoms with E-state index in [2.05, 4.69) is 15.0 Å². The first-order valence-corrected chi connectivity index (χ1v) is 11.2. The number of carboxylic acids is 3. The predicted octanol–water partition coefficient (Wildman–Crippen LogP) is -1.44. The minimum absolute atomic E-state index is 0. The molecule has 3 heterocycles. The summed E-state index contributed by atoms with van der Waals surface area (Å²) in [6.07, 6.45) is 4.85. The molecule has 0 aromatic carbocycles. The smallest absolute Gasteiger partial charge is 2.00 e. The van der Waals surface area contributed by atoms with E-state index in [0.29, 0.717) is 17.1 Å². The van der Waals surface area contributed by atoms with Gasteiger partial charge in [-0.25, -0.2) is 0 Å². The van der Waals surface area contributed by atoms with Crippen molar-refractivity contribution in [3.05, 3.63) is 138 Å². The molecule has 3 aromatic rings. The summed E-state index contributed by atoms with van der Waals surface area (Å²) in [7, 11) is 0. The number of aliphatic carboxylic acids is 3. The number of aromatic nitrogens is 3. The average molecular weight is 867 g/mol. The molecule has 0 unspecified atom stereocenters. The molecule has 0 fully saturated rings. The summed E-state index contributed by atoms with van der Waals surface area (Å²) in [6, 6.07) is 15.9. The molecule has 0 saturated carbocycles. The Hall–Kier alpha value is -4.32. The molecular formula is C24H27Mn3N12NiO10. The van der Waals surface area contributed by atoms with E-state index in [9.17, 15) is 15.3 Å². The molecule has 0 amide bonds. The van der Waals surface area contributed by atoms with Gasteiger partial charge in [-0.3, -0.25) is 29.7 Å². The van der Waals surface area contributed by atoms with Gasteiger partial charge in [-0.05, 0) is 57.2 Å². The van der Waals surface area contributed by atoms with Crippen molar-refractivity contribution in [2.45, 2.75) is 40.6 Å². The van der Waals surface area contributed by atoms with Crippen molar-refractivity contribution in [2.75, 3.05) is 0 Å². The van der Waals surface area contributed by atoms with Gasteiger partial charge in [0.15, 0.2) is 0 Å². The summed E-state index contributed by atoms with van der Waals surface area (Å²) in [5, 5.41) is 56.9. The number of carbonyl (C=O) groups excluding carboxylic acids is 3. The first-order chi connectivity index (χ1) is 21.2. The molecule has 0 aliphatic carbocycles. The fourth-order valence-electron chi connectivity index (χ4n) is 1.45. The van der Waals surface area contributed by atoms with Gasteiger partial charge < -0.3 is 83.7 Å². The fourth-order valence-corrected chi connectivity index (χ4v) is 1.45. The van der Waals surface area contributed by atoms with Crippen LogP contribution in [0.5, 0.6) is 0 Å². The van der Waals surface area contributed by atoms with Crippen LogP contribution in [-0.2, 0) is 107 Å². The van der Waals surface area contributed by atoms with Crippen molar-refractivity contribution in [3.8, 4) is 0 Å². The Morgan fingerprint density at radius 3 is 0.740 bits per heavy atom. The van der Waals surface area contributed by atoms with E-state index in [1.165, 1.54) is 14.7 Å². The van der Waals surface area contributed by atoms with Crippen LogP contribution in [0.4, 0.5) is 0 Å². The number of pyridine rings is 3. The van der Waals surface area contributed by atoms with E-state index in [-0.39, 0.29) is 93.0 Å². The van der Waals surface area contributed by atoms with Crippen LogP contribution in [0, 0.1) is 0 Å². The zero-order valence-electron chi connectivity index (χ0n) is 25.9. The quantitative estimate of drug-likeness (QED) is 0.127. The molecule has 22 nitrogen and oxygen atoms in total. The Morgan fingerprint density at radius 2 is 0.680 bits per heavy atom. The predicted molar refractivity (Wildman–Crippen MR) is 147 cm³/mol. The van der Waals surface area contributed by atoms with Gasteiger partial charge in [0.2, 0.25) is 0 Å². The number of hydrogen-bond donors (Lipinski definition) is 0. The van der Waals surface area contributed by atoms with Crippen molar-refractivity contribution in [1.29, 1.82) is 0 Å². The second-order valence-corrected chi connectivity index (χ2v) is 6.14. The van der Waals surface area contributed by atoms with Gasteiger partial charge in [0.1, 0.15) is 0 Å². The van der Waals surface area contributed by atoms with Crippen molar-refractivity contribution in [1.82, 2.24) is 15.0 Å². The van der Waals surface area contributed by atoms with Gasteiger partial charge in [0.05, 0.1) is 0 Å². The van der Waals surface area contributed by atoms with Gasteiger partial charge in [-0.2, -0.15) is 0 Å². The van der Waals surface area contributed by atoms with Crippen LogP contribution in [0.15, 0.2) is 73.2 Å². The minimum atomic E-state index is -1.08. The Balaban J connectivity index is -0.0000000388. The molecule has 3 aromatic heterocycles. The summed E-state index contributed by atoms with van der Waals surface area (Å²) in [5.41, 5.74) is 42.3. The van der Waals surface area contributed by atoms with Crippen molar-refractivity contribution in [2.24, 2.45) is 0 Å². The van der Waals surface area contributed by atoms with Crippen LogP contribution in [0.3, 0.4) is 0 Å². The molecule has 0 N–H and O–H groups in total. The molecule has 50 heavy (non-hydrogen) atoms. The minimum Gasteiger partial charge on any atom is -2.00 e. The fraction of sp³-hybridized carbons (Fsp3) is 0.250.